The summed E-state index contributed by atoms with van der Waals surface area (Å²) in [7, 11) is 0. The predicted octanol–water partition coefficient (Wildman–Crippen LogP) is 3.09. The van der Waals surface area contributed by atoms with Crippen LogP contribution in [0.5, 0.6) is 0 Å². The van der Waals surface area contributed by atoms with Gasteiger partial charge in [0.1, 0.15) is 5.01 Å². The van der Waals surface area contributed by atoms with Crippen molar-refractivity contribution < 1.29 is 4.79 Å². The molecule has 118 valence electrons. The van der Waals surface area contributed by atoms with Crippen molar-refractivity contribution in [1.29, 1.82) is 0 Å². The number of hydrogen-bond donors (Lipinski definition) is 2. The van der Waals surface area contributed by atoms with Crippen LogP contribution in [0.4, 0.5) is 4.79 Å². The molecular weight excluding hydrogens is 296 g/mol. The number of hydrogen-bond acceptors (Lipinski definition) is 4. The van der Waals surface area contributed by atoms with E-state index >= 15 is 0 Å². The van der Waals surface area contributed by atoms with Gasteiger partial charge in [-0.3, -0.25) is 4.98 Å². The molecule has 2 N–H and O–H groups in total. The molecule has 0 atom stereocenters. The van der Waals surface area contributed by atoms with Crippen molar-refractivity contribution in [3.05, 3.63) is 35.6 Å². The predicted molar refractivity (Wildman–Crippen MR) is 89.9 cm³/mol. The minimum atomic E-state index is -0.106. The molecule has 5 nitrogen and oxygen atoms in total. The highest BCUT2D eigenvalue weighted by molar-refractivity contribution is 7.13. The molecule has 0 aromatic carbocycles. The lowest BCUT2D eigenvalue weighted by Gasteiger charge is -2.08. The van der Waals surface area contributed by atoms with E-state index in [4.69, 9.17) is 0 Å². The minimum absolute atomic E-state index is 0.106. The topological polar surface area (TPSA) is 66.9 Å². The molecule has 0 spiro atoms. The average Bonchev–Trinajstić information content (AvgIpc) is 2.97. The second-order valence-electron chi connectivity index (χ2n) is 5.50. The first kappa shape index (κ1) is 16.4. The smallest absolute Gasteiger partial charge is 0.314 e. The number of carbonyl (C=O) groups excluding carboxylic acids is 1. The Bertz CT molecular complexity index is 583. The summed E-state index contributed by atoms with van der Waals surface area (Å²) in [6.07, 6.45) is 5.26. The second kappa shape index (κ2) is 8.48. The van der Waals surface area contributed by atoms with Crippen molar-refractivity contribution in [3.63, 3.8) is 0 Å². The number of carbonyl (C=O) groups is 1. The molecule has 0 saturated carbocycles. The maximum atomic E-state index is 11.6. The highest BCUT2D eigenvalue weighted by Crippen LogP contribution is 2.22. The highest BCUT2D eigenvalue weighted by atomic mass is 32.1. The van der Waals surface area contributed by atoms with Crippen LogP contribution in [0.15, 0.2) is 29.9 Å². The summed E-state index contributed by atoms with van der Waals surface area (Å²) >= 11 is 1.61. The molecule has 0 aliphatic rings. The molecule has 2 rings (SSSR count). The van der Waals surface area contributed by atoms with E-state index in [1.807, 2.05) is 17.5 Å². The van der Waals surface area contributed by atoms with Gasteiger partial charge in [-0.05, 0) is 24.5 Å². The van der Waals surface area contributed by atoms with Crippen LogP contribution in [-0.2, 0) is 6.42 Å². The van der Waals surface area contributed by atoms with Gasteiger partial charge in [-0.1, -0.05) is 13.8 Å². The Kier molecular flexibility index (Phi) is 6.33. The standard InChI is InChI=1S/C16H22N4OS/c1-12(2)3-9-18-16(21)19-10-6-14-11-22-15(20-14)13-4-7-17-8-5-13/h4-5,7-8,11-12H,3,6,9-10H2,1-2H3,(H2,18,19,21). The Morgan fingerprint density at radius 3 is 2.68 bits per heavy atom. The normalized spacial score (nSPS) is 10.7. The lowest BCUT2D eigenvalue weighted by atomic mass is 10.1. The van der Waals surface area contributed by atoms with E-state index in [1.54, 1.807) is 23.7 Å². The Hall–Kier alpha value is -1.95. The molecule has 22 heavy (non-hydrogen) atoms. The minimum Gasteiger partial charge on any atom is -0.338 e. The lowest BCUT2D eigenvalue weighted by Crippen LogP contribution is -2.37. The molecule has 2 heterocycles. The third-order valence-electron chi connectivity index (χ3n) is 3.15. The number of pyridine rings is 1. The molecular formula is C16H22N4OS. The molecule has 2 aromatic heterocycles. The zero-order valence-electron chi connectivity index (χ0n) is 13.0. The van der Waals surface area contributed by atoms with Gasteiger partial charge in [0, 0.05) is 42.8 Å². The average molecular weight is 318 g/mol. The second-order valence-corrected chi connectivity index (χ2v) is 6.35. The Morgan fingerprint density at radius 1 is 1.23 bits per heavy atom. The monoisotopic (exact) mass is 318 g/mol. The van der Waals surface area contributed by atoms with Crippen LogP contribution >= 0.6 is 11.3 Å². The Morgan fingerprint density at radius 2 is 1.95 bits per heavy atom. The van der Waals surface area contributed by atoms with Crippen LogP contribution in [0.3, 0.4) is 0 Å². The summed E-state index contributed by atoms with van der Waals surface area (Å²) < 4.78 is 0. The third kappa shape index (κ3) is 5.44. The first-order valence-electron chi connectivity index (χ1n) is 7.51. The Labute approximate surface area is 135 Å². The highest BCUT2D eigenvalue weighted by Gasteiger charge is 2.05. The van der Waals surface area contributed by atoms with E-state index in [-0.39, 0.29) is 6.03 Å². The van der Waals surface area contributed by atoms with Gasteiger partial charge in [-0.2, -0.15) is 0 Å². The summed E-state index contributed by atoms with van der Waals surface area (Å²) in [6, 6.07) is 3.79. The van der Waals surface area contributed by atoms with Crippen molar-refractivity contribution in [1.82, 2.24) is 20.6 Å². The number of rotatable bonds is 7. The van der Waals surface area contributed by atoms with Crippen molar-refractivity contribution in [3.8, 4) is 10.6 Å². The largest absolute Gasteiger partial charge is 0.338 e. The van der Waals surface area contributed by atoms with E-state index in [0.29, 0.717) is 19.0 Å². The zero-order valence-corrected chi connectivity index (χ0v) is 13.8. The van der Waals surface area contributed by atoms with Gasteiger partial charge < -0.3 is 10.6 Å². The number of nitrogens with one attached hydrogen (secondary N) is 2. The molecule has 0 aliphatic carbocycles. The quantitative estimate of drug-likeness (QED) is 0.824. The summed E-state index contributed by atoms with van der Waals surface area (Å²) in [5.41, 5.74) is 2.07. The number of thiazole rings is 1. The van der Waals surface area contributed by atoms with Gasteiger partial charge in [-0.25, -0.2) is 9.78 Å². The maximum absolute atomic E-state index is 11.6. The van der Waals surface area contributed by atoms with E-state index < -0.39 is 0 Å². The molecule has 0 radical (unpaired) electrons. The molecule has 0 fully saturated rings. The van der Waals surface area contributed by atoms with Gasteiger partial charge >= 0.3 is 6.03 Å². The van der Waals surface area contributed by atoms with Crippen LogP contribution in [0.25, 0.3) is 10.6 Å². The summed E-state index contributed by atoms with van der Waals surface area (Å²) in [6.45, 7) is 5.59. The van der Waals surface area contributed by atoms with Gasteiger partial charge in [0.2, 0.25) is 0 Å². The van der Waals surface area contributed by atoms with Crippen molar-refractivity contribution in [2.45, 2.75) is 26.7 Å². The molecule has 0 bridgehead atoms. The van der Waals surface area contributed by atoms with Gasteiger partial charge in [0.15, 0.2) is 0 Å². The van der Waals surface area contributed by atoms with Crippen molar-refractivity contribution in [2.75, 3.05) is 13.1 Å². The van der Waals surface area contributed by atoms with E-state index in [2.05, 4.69) is 34.4 Å². The van der Waals surface area contributed by atoms with E-state index in [1.165, 1.54) is 0 Å². The fraction of sp³-hybridized carbons (Fsp3) is 0.438. The Balaban J connectivity index is 1.72. The maximum Gasteiger partial charge on any atom is 0.314 e. The van der Waals surface area contributed by atoms with Gasteiger partial charge in [0.05, 0.1) is 5.69 Å². The summed E-state index contributed by atoms with van der Waals surface area (Å²) in [5.74, 6) is 0.599. The zero-order chi connectivity index (χ0) is 15.8. The fourth-order valence-corrected chi connectivity index (χ4v) is 2.75. The van der Waals surface area contributed by atoms with Crippen molar-refractivity contribution >= 4 is 17.4 Å². The van der Waals surface area contributed by atoms with Gasteiger partial charge in [-0.15, -0.1) is 11.3 Å². The third-order valence-corrected chi connectivity index (χ3v) is 4.09. The molecule has 0 saturated heterocycles. The first-order chi connectivity index (χ1) is 10.6. The summed E-state index contributed by atoms with van der Waals surface area (Å²) in [5, 5.41) is 8.74. The molecule has 6 heteroatoms. The molecule has 0 aliphatic heterocycles. The fourth-order valence-electron chi connectivity index (χ4n) is 1.89. The number of nitrogens with zero attached hydrogens (tertiary/aromatic N) is 2. The van der Waals surface area contributed by atoms with E-state index in [9.17, 15) is 4.79 Å². The first-order valence-corrected chi connectivity index (χ1v) is 8.39. The van der Waals surface area contributed by atoms with Crippen molar-refractivity contribution in [2.24, 2.45) is 5.92 Å². The molecule has 2 amide bonds. The van der Waals surface area contributed by atoms with Crippen LogP contribution in [0.2, 0.25) is 0 Å². The van der Waals surface area contributed by atoms with Crippen LogP contribution in [-0.4, -0.2) is 29.1 Å². The van der Waals surface area contributed by atoms with Crippen LogP contribution < -0.4 is 10.6 Å². The molecule has 2 aromatic rings. The SMILES string of the molecule is CC(C)CCNC(=O)NCCc1csc(-c2ccncc2)n1. The summed E-state index contributed by atoms with van der Waals surface area (Å²) in [4.78, 5) is 20.2. The number of urea groups is 1. The number of amides is 2. The van der Waals surface area contributed by atoms with Crippen LogP contribution in [0, 0.1) is 5.92 Å². The van der Waals surface area contributed by atoms with E-state index in [0.717, 1.165) is 29.1 Å². The lowest BCUT2D eigenvalue weighted by molar-refractivity contribution is 0.240. The number of aromatic nitrogens is 2. The van der Waals surface area contributed by atoms with Gasteiger partial charge in [0.25, 0.3) is 0 Å². The molecule has 0 unspecified atom stereocenters. The van der Waals surface area contributed by atoms with Crippen LogP contribution in [0.1, 0.15) is 26.0 Å².